The summed E-state index contributed by atoms with van der Waals surface area (Å²) in [6.45, 7) is -0.856. The van der Waals surface area contributed by atoms with Crippen LogP contribution < -0.4 is 5.73 Å². The van der Waals surface area contributed by atoms with Gasteiger partial charge in [-0.05, 0) is 19.9 Å². The van der Waals surface area contributed by atoms with Crippen LogP contribution in [0.1, 0.15) is 64.2 Å². The highest BCUT2D eigenvalue weighted by Crippen LogP contribution is 2.23. The lowest BCUT2D eigenvalue weighted by Crippen LogP contribution is -2.49. The highest BCUT2D eigenvalue weighted by molar-refractivity contribution is 4.82. The zero-order valence-corrected chi connectivity index (χ0v) is 12.6. The molecule has 0 bridgehead atoms. The highest BCUT2D eigenvalue weighted by Gasteiger charge is 2.33. The minimum atomic E-state index is -4.14. The van der Waals surface area contributed by atoms with Crippen LogP contribution in [0.5, 0.6) is 0 Å². The van der Waals surface area contributed by atoms with Crippen LogP contribution in [0.25, 0.3) is 0 Å². The lowest BCUT2D eigenvalue weighted by molar-refractivity contribution is -0.148. The molecular formula is C15H29F3N2. The van der Waals surface area contributed by atoms with Gasteiger partial charge in [0.2, 0.25) is 0 Å². The largest absolute Gasteiger partial charge is 0.401 e. The fraction of sp³-hybridized carbons (Fsp3) is 1.00. The van der Waals surface area contributed by atoms with Gasteiger partial charge in [-0.2, -0.15) is 13.2 Å². The summed E-state index contributed by atoms with van der Waals surface area (Å²) in [4.78, 5) is 1.41. The predicted molar refractivity (Wildman–Crippen MR) is 76.6 cm³/mol. The molecule has 1 rings (SSSR count). The van der Waals surface area contributed by atoms with Crippen molar-refractivity contribution in [2.75, 3.05) is 13.6 Å². The molecule has 0 heterocycles. The van der Waals surface area contributed by atoms with Gasteiger partial charge in [0.1, 0.15) is 0 Å². The maximum absolute atomic E-state index is 12.6. The van der Waals surface area contributed by atoms with Crippen LogP contribution in [0.15, 0.2) is 0 Å². The van der Waals surface area contributed by atoms with Gasteiger partial charge in [0.25, 0.3) is 0 Å². The summed E-state index contributed by atoms with van der Waals surface area (Å²) in [7, 11) is 1.56. The molecule has 1 fully saturated rings. The first kappa shape index (κ1) is 17.8. The summed E-state index contributed by atoms with van der Waals surface area (Å²) in [5.41, 5.74) is 6.17. The second-order valence-electron chi connectivity index (χ2n) is 6.17. The number of halogens is 3. The van der Waals surface area contributed by atoms with Crippen molar-refractivity contribution in [3.05, 3.63) is 0 Å². The minimum absolute atomic E-state index is 0.137. The number of rotatable bonds is 2. The summed E-state index contributed by atoms with van der Waals surface area (Å²) in [6.07, 6.45) is 6.76. The van der Waals surface area contributed by atoms with E-state index >= 15 is 0 Å². The zero-order valence-electron chi connectivity index (χ0n) is 12.6. The van der Waals surface area contributed by atoms with Crippen LogP contribution in [-0.4, -0.2) is 36.8 Å². The third-order valence-electron chi connectivity index (χ3n) is 4.28. The lowest BCUT2D eigenvalue weighted by Gasteiger charge is -2.33. The molecule has 0 saturated heterocycles. The molecule has 20 heavy (non-hydrogen) atoms. The van der Waals surface area contributed by atoms with Crippen molar-refractivity contribution in [1.29, 1.82) is 0 Å². The van der Waals surface area contributed by atoms with E-state index in [1.807, 2.05) is 0 Å². The number of likely N-dealkylation sites (N-methyl/N-ethyl adjacent to an activating group) is 1. The molecular weight excluding hydrogens is 265 g/mol. The monoisotopic (exact) mass is 294 g/mol. The van der Waals surface area contributed by atoms with Crippen LogP contribution in [-0.2, 0) is 0 Å². The van der Waals surface area contributed by atoms with Gasteiger partial charge < -0.3 is 5.73 Å². The van der Waals surface area contributed by atoms with Gasteiger partial charge >= 0.3 is 6.18 Å². The Morgan fingerprint density at radius 3 is 1.85 bits per heavy atom. The first-order valence-electron chi connectivity index (χ1n) is 7.93. The molecule has 0 aromatic carbocycles. The van der Waals surface area contributed by atoms with Crippen molar-refractivity contribution in [2.24, 2.45) is 5.73 Å². The lowest BCUT2D eigenvalue weighted by atomic mass is 9.93. The molecule has 0 spiro atoms. The fourth-order valence-electron chi connectivity index (χ4n) is 3.15. The second-order valence-corrected chi connectivity index (χ2v) is 6.17. The highest BCUT2D eigenvalue weighted by atomic mass is 19.4. The summed E-state index contributed by atoms with van der Waals surface area (Å²) in [5, 5.41) is 0. The van der Waals surface area contributed by atoms with Crippen molar-refractivity contribution < 1.29 is 13.2 Å². The Morgan fingerprint density at radius 1 is 0.900 bits per heavy atom. The average molecular weight is 294 g/mol. The Bertz CT molecular complexity index is 256. The maximum atomic E-state index is 12.6. The molecule has 5 heteroatoms. The molecule has 0 amide bonds. The second kappa shape index (κ2) is 8.88. The van der Waals surface area contributed by atoms with E-state index in [2.05, 4.69) is 0 Å². The SMILES string of the molecule is CN(CC(F)(F)F)C1CCCCCCCCCCC1N. The van der Waals surface area contributed by atoms with Gasteiger partial charge in [-0.15, -0.1) is 0 Å². The van der Waals surface area contributed by atoms with Crippen LogP contribution >= 0.6 is 0 Å². The molecule has 0 aromatic rings. The van der Waals surface area contributed by atoms with Crippen molar-refractivity contribution in [2.45, 2.75) is 82.5 Å². The molecule has 120 valence electrons. The average Bonchev–Trinajstić information content (AvgIpc) is 2.31. The van der Waals surface area contributed by atoms with E-state index in [0.29, 0.717) is 0 Å². The standard InChI is InChI=1S/C15H29F3N2/c1-20(12-15(16,17)18)14-11-9-7-5-3-2-4-6-8-10-13(14)19/h13-14H,2-12,19H2,1H3. The van der Waals surface area contributed by atoms with Crippen molar-refractivity contribution in [3.63, 3.8) is 0 Å². The summed E-state index contributed by atoms with van der Waals surface area (Å²) in [5.74, 6) is 0. The Labute approximate surface area is 120 Å². The maximum Gasteiger partial charge on any atom is 0.401 e. The third kappa shape index (κ3) is 7.48. The van der Waals surface area contributed by atoms with Gasteiger partial charge in [0.05, 0.1) is 6.54 Å². The third-order valence-corrected chi connectivity index (χ3v) is 4.28. The molecule has 2 N–H and O–H groups in total. The van der Waals surface area contributed by atoms with Crippen molar-refractivity contribution in [1.82, 2.24) is 4.90 Å². The predicted octanol–water partition coefficient (Wildman–Crippen LogP) is 4.09. The first-order chi connectivity index (χ1) is 9.40. The number of alkyl halides is 3. The van der Waals surface area contributed by atoms with Gasteiger partial charge in [-0.1, -0.05) is 51.4 Å². The first-order valence-corrected chi connectivity index (χ1v) is 7.93. The Balaban J connectivity index is 2.55. The van der Waals surface area contributed by atoms with Crippen LogP contribution in [0.3, 0.4) is 0 Å². The van der Waals surface area contributed by atoms with Crippen LogP contribution in [0.4, 0.5) is 13.2 Å². The molecule has 0 radical (unpaired) electrons. The molecule has 0 aromatic heterocycles. The summed E-state index contributed by atoms with van der Waals surface area (Å²) >= 11 is 0. The molecule has 2 nitrogen and oxygen atoms in total. The normalized spacial score (nSPS) is 27.9. The molecule has 1 aliphatic rings. The van der Waals surface area contributed by atoms with E-state index in [0.717, 1.165) is 38.5 Å². The van der Waals surface area contributed by atoms with Gasteiger partial charge in [-0.25, -0.2) is 0 Å². The molecule has 2 unspecified atom stereocenters. The van der Waals surface area contributed by atoms with Crippen molar-refractivity contribution >= 4 is 0 Å². The van der Waals surface area contributed by atoms with Gasteiger partial charge in [0, 0.05) is 12.1 Å². The number of nitrogens with two attached hydrogens (primary N) is 1. The number of hydrogen-bond donors (Lipinski definition) is 1. The molecule has 1 aliphatic carbocycles. The van der Waals surface area contributed by atoms with E-state index in [1.54, 1.807) is 7.05 Å². The zero-order chi connectivity index (χ0) is 15.0. The van der Waals surface area contributed by atoms with Crippen LogP contribution in [0, 0.1) is 0 Å². The topological polar surface area (TPSA) is 29.3 Å². The van der Waals surface area contributed by atoms with E-state index in [1.165, 1.54) is 30.6 Å². The Hall–Kier alpha value is -0.290. The van der Waals surface area contributed by atoms with Crippen molar-refractivity contribution in [3.8, 4) is 0 Å². The Morgan fingerprint density at radius 2 is 1.35 bits per heavy atom. The molecule has 0 aliphatic heterocycles. The number of nitrogens with zero attached hydrogens (tertiary/aromatic N) is 1. The summed E-state index contributed by atoms with van der Waals surface area (Å²) < 4.78 is 37.7. The molecule has 2 atom stereocenters. The van der Waals surface area contributed by atoms with E-state index < -0.39 is 12.7 Å². The van der Waals surface area contributed by atoms with E-state index in [-0.39, 0.29) is 12.1 Å². The quantitative estimate of drug-likeness (QED) is 0.831. The Kier molecular flexibility index (Phi) is 7.88. The molecule has 1 saturated carbocycles. The minimum Gasteiger partial charge on any atom is -0.326 e. The smallest absolute Gasteiger partial charge is 0.326 e. The van der Waals surface area contributed by atoms with Crippen LogP contribution in [0.2, 0.25) is 0 Å². The fourth-order valence-corrected chi connectivity index (χ4v) is 3.15. The summed E-state index contributed by atoms with van der Waals surface area (Å²) in [6, 6.07) is -0.280. The van der Waals surface area contributed by atoms with Gasteiger partial charge in [0.15, 0.2) is 0 Å². The number of hydrogen-bond acceptors (Lipinski definition) is 2. The van der Waals surface area contributed by atoms with Gasteiger partial charge in [-0.3, -0.25) is 4.90 Å². The van der Waals surface area contributed by atoms with E-state index in [4.69, 9.17) is 5.73 Å². The van der Waals surface area contributed by atoms with E-state index in [9.17, 15) is 13.2 Å².